The summed E-state index contributed by atoms with van der Waals surface area (Å²) in [5, 5.41) is 13.1. The molecule has 1 N–H and O–H groups in total. The van der Waals surface area contributed by atoms with Crippen LogP contribution in [-0.2, 0) is 0 Å². The van der Waals surface area contributed by atoms with E-state index in [0.717, 1.165) is 23.9 Å². The highest BCUT2D eigenvalue weighted by molar-refractivity contribution is 5.92. The lowest BCUT2D eigenvalue weighted by Gasteiger charge is -1.82. The predicted molar refractivity (Wildman–Crippen MR) is 180 cm³/mol. The van der Waals surface area contributed by atoms with Crippen molar-refractivity contribution in [2.24, 2.45) is 9.98 Å². The quantitative estimate of drug-likeness (QED) is 0.198. The molecule has 234 valence electrons. The number of amidine groups is 1. The molecule has 0 atom stereocenters. The van der Waals surface area contributed by atoms with E-state index >= 15 is 0 Å². The molecular weight excluding hydrogens is 564 g/mol. The van der Waals surface area contributed by atoms with Gasteiger partial charge < -0.3 is 4.42 Å². The van der Waals surface area contributed by atoms with E-state index in [4.69, 9.17) is 0 Å². The number of aromatic nitrogens is 8. The molecule has 5 aromatic heterocycles. The summed E-state index contributed by atoms with van der Waals surface area (Å²) in [6.45, 7) is 12.3. The molecule has 0 saturated heterocycles. The molecule has 11 nitrogen and oxygen atoms in total. The van der Waals surface area contributed by atoms with E-state index in [9.17, 15) is 0 Å². The van der Waals surface area contributed by atoms with Crippen molar-refractivity contribution in [1.29, 1.82) is 0 Å². The van der Waals surface area contributed by atoms with Gasteiger partial charge in [-0.05, 0) is 76.1 Å². The van der Waals surface area contributed by atoms with Crippen molar-refractivity contribution in [3.05, 3.63) is 151 Å². The zero-order valence-electron chi connectivity index (χ0n) is 26.8. The van der Waals surface area contributed by atoms with Gasteiger partial charge in [0.25, 0.3) is 0 Å². The second kappa shape index (κ2) is 26.0. The minimum Gasteiger partial charge on any atom is -0.428 e. The third kappa shape index (κ3) is 24.6. The van der Waals surface area contributed by atoms with E-state index in [1.807, 2.05) is 120 Å². The number of nitrogens with one attached hydrogen (secondary N) is 1. The summed E-state index contributed by atoms with van der Waals surface area (Å²) in [5.74, 6) is 2.36. The molecule has 0 radical (unpaired) electrons. The molecule has 1 aromatic carbocycles. The van der Waals surface area contributed by atoms with Crippen LogP contribution in [-0.4, -0.2) is 58.9 Å². The fourth-order valence-corrected chi connectivity index (χ4v) is 2.59. The molecule has 0 amide bonds. The molecule has 0 aliphatic carbocycles. The smallest absolute Gasteiger partial charge is 0.213 e. The molecule has 6 heterocycles. The first kappa shape index (κ1) is 37.3. The third-order valence-corrected chi connectivity index (χ3v) is 4.82. The zero-order chi connectivity index (χ0) is 32.8. The Balaban J connectivity index is 0.000000263. The van der Waals surface area contributed by atoms with E-state index in [0.29, 0.717) is 5.89 Å². The highest BCUT2D eigenvalue weighted by Gasteiger charge is 1.87. The molecule has 0 unspecified atom stereocenters. The summed E-state index contributed by atoms with van der Waals surface area (Å²) in [5.41, 5.74) is 3.54. The molecule has 6 aromatic rings. The lowest BCUT2D eigenvalue weighted by atomic mass is 10.3. The number of nitrogens with zero attached hydrogens (tertiary/aromatic N) is 9. The minimum atomic E-state index is 0.606. The third-order valence-electron chi connectivity index (χ3n) is 4.82. The summed E-state index contributed by atoms with van der Waals surface area (Å²) in [4.78, 5) is 23.3. The van der Waals surface area contributed by atoms with E-state index in [2.05, 4.69) is 54.7 Å². The maximum Gasteiger partial charge on any atom is 0.213 e. The Morgan fingerprint density at radius 3 is 1.60 bits per heavy atom. The fraction of sp³-hybridized carbons (Fsp3) is 0.206. The number of aryl methyl sites for hydroxylation is 5. The molecule has 0 saturated carbocycles. The Bertz CT molecular complexity index is 1340. The van der Waals surface area contributed by atoms with Gasteiger partial charge in [-0.1, -0.05) is 48.5 Å². The first-order valence-corrected chi connectivity index (χ1v) is 14.1. The van der Waals surface area contributed by atoms with Gasteiger partial charge >= 0.3 is 0 Å². The van der Waals surface area contributed by atoms with Crippen LogP contribution < -0.4 is 0 Å². The molecule has 7 rings (SSSR count). The average molecular weight is 607 g/mol. The van der Waals surface area contributed by atoms with Gasteiger partial charge in [0.15, 0.2) is 0 Å². The number of aromatic amines is 1. The Labute approximate surface area is 265 Å². The molecule has 1 aliphatic heterocycles. The van der Waals surface area contributed by atoms with Crippen LogP contribution in [0.15, 0.2) is 137 Å². The highest BCUT2D eigenvalue weighted by atomic mass is 16.4. The highest BCUT2D eigenvalue weighted by Crippen LogP contribution is 1.89. The number of aliphatic imine (C=N–C) groups is 2. The second-order valence-electron chi connectivity index (χ2n) is 8.91. The fourth-order valence-electron chi connectivity index (χ4n) is 2.59. The molecule has 45 heavy (non-hydrogen) atoms. The largest absolute Gasteiger partial charge is 0.428 e. The molecule has 0 spiro atoms. The lowest BCUT2D eigenvalue weighted by molar-refractivity contribution is 0.518. The number of hydrogen-bond acceptors (Lipinski definition) is 10. The summed E-state index contributed by atoms with van der Waals surface area (Å²) in [7, 11) is 0. The number of benzene rings is 1. The number of H-pyrrole nitrogens is 1. The first-order valence-electron chi connectivity index (χ1n) is 14.1. The Hall–Kier alpha value is -5.71. The van der Waals surface area contributed by atoms with Crippen molar-refractivity contribution in [2.45, 2.75) is 41.5 Å². The van der Waals surface area contributed by atoms with Crippen molar-refractivity contribution in [1.82, 2.24) is 40.3 Å². The Morgan fingerprint density at radius 2 is 1.38 bits per heavy atom. The molecule has 11 heteroatoms. The maximum atomic E-state index is 4.61. The van der Waals surface area contributed by atoms with E-state index in [1.54, 1.807) is 37.9 Å². The predicted octanol–water partition coefficient (Wildman–Crippen LogP) is 6.84. The standard InChI is InChI=1S/3C6H7N.C6H6.C4H6N2.C3H5N3.C3H4N2O/c1-6-2-4-7-5-3-6;1-6-3-2-4-7-5-6;1-6-4-2-3-5-7-6;1-2-4-6-5-3-1;1-4-5-2-3-6-4;1-3-4-2-5-6-3;1-3-5-4-2-6-3/h3*2-5H,1H3;1-6H;2H,3H2,1H3;2H,1H3,(H,4,5,6);2H,1H3. The van der Waals surface area contributed by atoms with Crippen LogP contribution in [0.1, 0.15) is 35.5 Å². The van der Waals surface area contributed by atoms with Crippen LogP contribution in [0, 0.1) is 34.6 Å². The van der Waals surface area contributed by atoms with Crippen molar-refractivity contribution < 1.29 is 4.42 Å². The van der Waals surface area contributed by atoms with Gasteiger partial charge in [-0.3, -0.25) is 25.0 Å². The van der Waals surface area contributed by atoms with Crippen molar-refractivity contribution in [2.75, 3.05) is 6.54 Å². The molecule has 0 bridgehead atoms. The summed E-state index contributed by atoms with van der Waals surface area (Å²) in [6, 6.07) is 25.7. The SMILES string of the molecule is CC1=NCC=N1.Cc1ccccn1.Cc1cccnc1.Cc1ccncc1.Cc1ncn[nH]1.Cc1nnco1.c1ccccc1. The number of rotatable bonds is 0. The van der Waals surface area contributed by atoms with Gasteiger partial charge in [0.1, 0.15) is 18.0 Å². The van der Waals surface area contributed by atoms with E-state index in [1.165, 1.54) is 23.8 Å². The topological polar surface area (TPSA) is 144 Å². The minimum absolute atomic E-state index is 0.606. The van der Waals surface area contributed by atoms with Crippen molar-refractivity contribution >= 4 is 12.1 Å². The second-order valence-corrected chi connectivity index (χ2v) is 8.91. The number of pyridine rings is 3. The van der Waals surface area contributed by atoms with E-state index in [-0.39, 0.29) is 0 Å². The zero-order valence-corrected chi connectivity index (χ0v) is 26.8. The Kier molecular flexibility index (Phi) is 21.5. The monoisotopic (exact) mass is 606 g/mol. The first-order chi connectivity index (χ1) is 21.9. The van der Waals surface area contributed by atoms with Gasteiger partial charge in [0, 0.05) is 49.8 Å². The average Bonchev–Trinajstić information content (AvgIpc) is 3.87. The summed E-state index contributed by atoms with van der Waals surface area (Å²) < 4.78 is 4.61. The molecule has 1 aliphatic rings. The van der Waals surface area contributed by atoms with Crippen LogP contribution in [0.3, 0.4) is 0 Å². The molecular formula is C34H42N10O. The van der Waals surface area contributed by atoms with Crippen LogP contribution in [0.4, 0.5) is 0 Å². The van der Waals surface area contributed by atoms with Gasteiger partial charge in [-0.25, -0.2) is 9.98 Å². The van der Waals surface area contributed by atoms with Crippen molar-refractivity contribution in [3.8, 4) is 0 Å². The van der Waals surface area contributed by atoms with E-state index < -0.39 is 0 Å². The number of hydrogen-bond donors (Lipinski definition) is 1. The van der Waals surface area contributed by atoms with Crippen LogP contribution in [0.2, 0.25) is 0 Å². The van der Waals surface area contributed by atoms with Gasteiger partial charge in [0.05, 0.1) is 6.54 Å². The van der Waals surface area contributed by atoms with Gasteiger partial charge in [0.2, 0.25) is 12.3 Å². The van der Waals surface area contributed by atoms with Crippen LogP contribution in [0.5, 0.6) is 0 Å². The molecule has 0 fully saturated rings. The maximum absolute atomic E-state index is 4.61. The van der Waals surface area contributed by atoms with Crippen LogP contribution in [0.25, 0.3) is 0 Å². The van der Waals surface area contributed by atoms with Crippen molar-refractivity contribution in [3.63, 3.8) is 0 Å². The van der Waals surface area contributed by atoms with Gasteiger partial charge in [-0.2, -0.15) is 5.10 Å². The van der Waals surface area contributed by atoms with Crippen LogP contribution >= 0.6 is 0 Å². The summed E-state index contributed by atoms with van der Waals surface area (Å²) >= 11 is 0. The van der Waals surface area contributed by atoms with Gasteiger partial charge in [-0.15, -0.1) is 10.2 Å². The Morgan fingerprint density at radius 1 is 0.667 bits per heavy atom. The normalized spacial score (nSPS) is 9.96. The lowest BCUT2D eigenvalue weighted by Crippen LogP contribution is -1.73. The summed E-state index contributed by atoms with van der Waals surface area (Å²) in [6.07, 6.45) is 13.5.